The molecule has 0 spiro atoms. The third-order valence-corrected chi connectivity index (χ3v) is 6.83. The topological polar surface area (TPSA) is 89.8 Å². The number of nitrogens with zero attached hydrogens (tertiary/aromatic N) is 1. The van der Waals surface area contributed by atoms with Crippen LogP contribution in [-0.2, 0) is 27.0 Å². The molecular weight excluding hydrogens is 470 g/mol. The van der Waals surface area contributed by atoms with Crippen molar-refractivity contribution >= 4 is 28.8 Å². The standard InChI is InChI=1S/C27H28F2N2O5/c1-25(2,3)23-13-16-12-18(5-6-20(16)31(23)15-19(33)8-11-32)30-24(34)26(9-10-26)17-4-7-21-22(14-17)36-27(28,29)35-21/h4-7,11-14,19,33H,8-10,15H2,1-3H3,(H,30,34). The number of aromatic nitrogens is 1. The molecular formula is C27H28F2N2O5. The van der Waals surface area contributed by atoms with Crippen LogP contribution in [0.15, 0.2) is 42.5 Å². The smallest absolute Gasteiger partial charge is 0.395 e. The van der Waals surface area contributed by atoms with Crippen molar-refractivity contribution in [3.8, 4) is 11.5 Å². The number of carbonyl (C=O) groups is 2. The highest BCUT2D eigenvalue weighted by atomic mass is 19.3. The molecule has 3 aromatic rings. The molecule has 190 valence electrons. The summed E-state index contributed by atoms with van der Waals surface area (Å²) in [4.78, 5) is 24.2. The zero-order valence-electron chi connectivity index (χ0n) is 20.3. The second kappa shape index (κ2) is 8.30. The third kappa shape index (κ3) is 4.32. The highest BCUT2D eigenvalue weighted by molar-refractivity contribution is 6.02. The molecule has 2 aliphatic rings. The average molecular weight is 499 g/mol. The number of carbonyl (C=O) groups excluding carboxylic acids is 2. The van der Waals surface area contributed by atoms with E-state index in [-0.39, 0.29) is 35.8 Å². The van der Waals surface area contributed by atoms with Gasteiger partial charge in [-0.2, -0.15) is 0 Å². The lowest BCUT2D eigenvalue weighted by atomic mass is 9.92. The summed E-state index contributed by atoms with van der Waals surface area (Å²) in [6.07, 6.45) is -2.56. The molecule has 36 heavy (non-hydrogen) atoms. The van der Waals surface area contributed by atoms with Crippen molar-refractivity contribution < 1.29 is 33.0 Å². The first-order valence-corrected chi connectivity index (χ1v) is 11.9. The summed E-state index contributed by atoms with van der Waals surface area (Å²) in [6.45, 7) is 6.51. The lowest BCUT2D eigenvalue weighted by molar-refractivity contribution is -0.286. The van der Waals surface area contributed by atoms with Crippen LogP contribution in [0.3, 0.4) is 0 Å². The number of fused-ring (bicyclic) bond motifs is 2. The van der Waals surface area contributed by atoms with Crippen molar-refractivity contribution in [1.82, 2.24) is 4.57 Å². The quantitative estimate of drug-likeness (QED) is 0.453. The number of halogens is 2. The van der Waals surface area contributed by atoms with Crippen molar-refractivity contribution in [3.05, 3.63) is 53.7 Å². The van der Waals surface area contributed by atoms with Gasteiger partial charge in [0.25, 0.3) is 0 Å². The molecule has 1 aliphatic carbocycles. The van der Waals surface area contributed by atoms with Gasteiger partial charge >= 0.3 is 6.29 Å². The highest BCUT2D eigenvalue weighted by Gasteiger charge is 2.52. The van der Waals surface area contributed by atoms with Gasteiger partial charge in [-0.3, -0.25) is 4.79 Å². The Morgan fingerprint density at radius 1 is 1.14 bits per heavy atom. The zero-order valence-corrected chi connectivity index (χ0v) is 20.3. The van der Waals surface area contributed by atoms with Crippen molar-refractivity contribution in [2.75, 3.05) is 5.32 Å². The van der Waals surface area contributed by atoms with Crippen LogP contribution in [0, 0.1) is 0 Å². The van der Waals surface area contributed by atoms with Crippen LogP contribution < -0.4 is 14.8 Å². The molecule has 0 radical (unpaired) electrons. The minimum Gasteiger partial charge on any atom is -0.395 e. The zero-order chi connectivity index (χ0) is 25.9. The maximum Gasteiger partial charge on any atom is 0.586 e. The lowest BCUT2D eigenvalue weighted by Crippen LogP contribution is -2.28. The number of aliphatic hydroxyl groups excluding tert-OH is 1. The van der Waals surface area contributed by atoms with Crippen LogP contribution in [-0.4, -0.2) is 34.3 Å². The summed E-state index contributed by atoms with van der Waals surface area (Å²) < 4.78 is 37.9. The lowest BCUT2D eigenvalue weighted by Gasteiger charge is -2.23. The Labute approximate surface area is 207 Å². The molecule has 1 fully saturated rings. The first-order valence-electron chi connectivity index (χ1n) is 11.9. The van der Waals surface area contributed by atoms with E-state index < -0.39 is 17.8 Å². The Hall–Kier alpha value is -3.46. The van der Waals surface area contributed by atoms with E-state index in [4.69, 9.17) is 0 Å². The summed E-state index contributed by atoms with van der Waals surface area (Å²) in [5, 5.41) is 14.1. The Balaban J connectivity index is 1.41. The average Bonchev–Trinajstić information content (AvgIpc) is 3.43. The van der Waals surface area contributed by atoms with E-state index in [1.165, 1.54) is 12.1 Å². The molecule has 0 bridgehead atoms. The van der Waals surface area contributed by atoms with Crippen LogP contribution in [0.2, 0.25) is 0 Å². The van der Waals surface area contributed by atoms with Crippen LogP contribution in [0.25, 0.3) is 10.9 Å². The van der Waals surface area contributed by atoms with Crippen molar-refractivity contribution in [2.24, 2.45) is 0 Å². The number of rotatable bonds is 7. The van der Waals surface area contributed by atoms with Gasteiger partial charge in [0.2, 0.25) is 5.91 Å². The van der Waals surface area contributed by atoms with Crippen molar-refractivity contribution in [3.63, 3.8) is 0 Å². The van der Waals surface area contributed by atoms with Gasteiger partial charge in [-0.25, -0.2) is 0 Å². The number of aliphatic hydroxyl groups is 1. The van der Waals surface area contributed by atoms with Gasteiger partial charge in [0, 0.05) is 40.7 Å². The van der Waals surface area contributed by atoms with E-state index in [2.05, 4.69) is 35.6 Å². The number of nitrogens with one attached hydrogen (secondary N) is 1. The molecule has 0 saturated heterocycles. The predicted molar refractivity (Wildman–Crippen MR) is 130 cm³/mol. The van der Waals surface area contributed by atoms with Gasteiger partial charge in [0.15, 0.2) is 11.5 Å². The monoisotopic (exact) mass is 498 g/mol. The highest BCUT2D eigenvalue weighted by Crippen LogP contribution is 2.52. The Morgan fingerprint density at radius 3 is 2.53 bits per heavy atom. The minimum absolute atomic E-state index is 0.0526. The van der Waals surface area contributed by atoms with Crippen LogP contribution in [0.4, 0.5) is 14.5 Å². The molecule has 1 unspecified atom stereocenters. The van der Waals surface area contributed by atoms with Crippen LogP contribution in [0.1, 0.15) is 51.3 Å². The summed E-state index contributed by atoms with van der Waals surface area (Å²) in [7, 11) is 0. The maximum atomic E-state index is 13.4. The number of anilines is 1. The van der Waals surface area contributed by atoms with E-state index in [9.17, 15) is 23.5 Å². The van der Waals surface area contributed by atoms with E-state index >= 15 is 0 Å². The van der Waals surface area contributed by atoms with Crippen LogP contribution >= 0.6 is 0 Å². The van der Waals surface area contributed by atoms with Crippen LogP contribution in [0.5, 0.6) is 11.5 Å². The van der Waals surface area contributed by atoms with E-state index in [1.54, 1.807) is 12.1 Å². The van der Waals surface area contributed by atoms with E-state index in [0.717, 1.165) is 16.6 Å². The molecule has 7 nitrogen and oxygen atoms in total. The van der Waals surface area contributed by atoms with Gasteiger partial charge in [-0.05, 0) is 54.8 Å². The van der Waals surface area contributed by atoms with E-state index in [0.29, 0.717) is 30.4 Å². The van der Waals surface area contributed by atoms with Gasteiger partial charge in [-0.1, -0.05) is 26.8 Å². The summed E-state index contributed by atoms with van der Waals surface area (Å²) in [5.41, 5.74) is 2.08. The minimum atomic E-state index is -3.71. The normalized spacial score (nSPS) is 18.2. The molecule has 1 aliphatic heterocycles. The Bertz CT molecular complexity index is 1350. The molecule has 1 aromatic heterocycles. The third-order valence-electron chi connectivity index (χ3n) is 6.83. The molecule has 2 heterocycles. The second-order valence-corrected chi connectivity index (χ2v) is 10.6. The first-order chi connectivity index (χ1) is 16.9. The SMILES string of the molecule is CC(C)(C)c1cc2cc(NC(=O)C3(c4ccc5c(c4)OC(F)(F)O5)CC3)ccc2n1CC(O)CC=O. The maximum absolute atomic E-state index is 13.4. The fraction of sp³-hybridized carbons (Fsp3) is 0.407. The fourth-order valence-corrected chi connectivity index (χ4v) is 4.83. The number of alkyl halides is 2. The molecule has 1 atom stereocenters. The summed E-state index contributed by atoms with van der Waals surface area (Å²) in [6, 6.07) is 12.1. The predicted octanol–water partition coefficient (Wildman–Crippen LogP) is 4.88. The molecule has 1 amide bonds. The fourth-order valence-electron chi connectivity index (χ4n) is 4.83. The number of aldehydes is 1. The number of benzene rings is 2. The van der Waals surface area contributed by atoms with Gasteiger partial charge in [-0.15, -0.1) is 8.78 Å². The summed E-state index contributed by atoms with van der Waals surface area (Å²) >= 11 is 0. The molecule has 1 saturated carbocycles. The molecule has 9 heteroatoms. The number of amides is 1. The van der Waals surface area contributed by atoms with Gasteiger partial charge in [0.05, 0.1) is 11.5 Å². The van der Waals surface area contributed by atoms with Crippen molar-refractivity contribution in [1.29, 1.82) is 0 Å². The van der Waals surface area contributed by atoms with Gasteiger partial charge in [0.1, 0.15) is 6.29 Å². The number of hydrogen-bond donors (Lipinski definition) is 2. The van der Waals surface area contributed by atoms with Gasteiger partial charge < -0.3 is 29.3 Å². The van der Waals surface area contributed by atoms with Crippen molar-refractivity contribution in [2.45, 2.75) is 69.8 Å². The summed E-state index contributed by atoms with van der Waals surface area (Å²) in [5.74, 6) is -0.349. The number of hydrogen-bond acceptors (Lipinski definition) is 5. The van der Waals surface area contributed by atoms with E-state index in [1.807, 2.05) is 22.8 Å². The Morgan fingerprint density at radius 2 is 1.86 bits per heavy atom. The molecule has 2 N–H and O–H groups in total. The molecule has 5 rings (SSSR count). The molecule has 2 aromatic carbocycles. The number of ether oxygens (including phenoxy) is 2. The Kier molecular flexibility index (Phi) is 5.59. The second-order valence-electron chi connectivity index (χ2n) is 10.6. The first kappa shape index (κ1) is 24.2. The largest absolute Gasteiger partial charge is 0.586 e.